The third-order valence-electron chi connectivity index (χ3n) is 4.81. The van der Waals surface area contributed by atoms with Crippen LogP contribution in [0.2, 0.25) is 0 Å². The Morgan fingerprint density at radius 2 is 1.65 bits per heavy atom. The van der Waals surface area contributed by atoms with E-state index in [2.05, 4.69) is 5.32 Å². The first-order valence-electron chi connectivity index (χ1n) is 9.92. The molecule has 31 heavy (non-hydrogen) atoms. The third-order valence-corrected chi connectivity index (χ3v) is 6.88. The van der Waals surface area contributed by atoms with E-state index in [0.717, 1.165) is 5.56 Å². The molecule has 2 aromatic carbocycles. The summed E-state index contributed by atoms with van der Waals surface area (Å²) >= 11 is 0. The predicted molar refractivity (Wildman–Crippen MR) is 118 cm³/mol. The number of benzene rings is 2. The summed E-state index contributed by atoms with van der Waals surface area (Å²) in [7, 11) is -0.770. The van der Waals surface area contributed by atoms with Gasteiger partial charge < -0.3 is 14.8 Å². The molecule has 0 atom stereocenters. The van der Waals surface area contributed by atoms with Crippen molar-refractivity contribution in [1.29, 1.82) is 0 Å². The maximum absolute atomic E-state index is 12.5. The number of hydrogen-bond acceptors (Lipinski definition) is 6. The van der Waals surface area contributed by atoms with Gasteiger partial charge in [-0.05, 0) is 42.3 Å². The molecule has 0 radical (unpaired) electrons. The Labute approximate surface area is 183 Å². The molecule has 2 aromatic rings. The SMILES string of the molecule is CCN(CC)S(=O)(=O)c1ccc(CCC(=O)Nc2ccc(OC)cc2C(=O)OC)cc1. The van der Waals surface area contributed by atoms with Crippen molar-refractivity contribution >= 4 is 27.6 Å². The number of hydrogen-bond donors (Lipinski definition) is 1. The number of ether oxygens (including phenoxy) is 2. The van der Waals surface area contributed by atoms with Gasteiger partial charge in [0.2, 0.25) is 15.9 Å². The second-order valence-corrected chi connectivity index (χ2v) is 8.62. The Hall–Kier alpha value is -2.91. The van der Waals surface area contributed by atoms with Crippen molar-refractivity contribution in [2.24, 2.45) is 0 Å². The van der Waals surface area contributed by atoms with Crippen molar-refractivity contribution in [2.45, 2.75) is 31.6 Å². The number of carbonyl (C=O) groups is 2. The lowest BCUT2D eigenvalue weighted by atomic mass is 10.1. The fourth-order valence-corrected chi connectivity index (χ4v) is 4.51. The average molecular weight is 449 g/mol. The summed E-state index contributed by atoms with van der Waals surface area (Å²) in [5, 5.41) is 2.72. The molecule has 8 nitrogen and oxygen atoms in total. The third kappa shape index (κ3) is 6.05. The highest BCUT2D eigenvalue weighted by molar-refractivity contribution is 7.89. The number of esters is 1. The van der Waals surface area contributed by atoms with E-state index in [0.29, 0.717) is 30.9 Å². The van der Waals surface area contributed by atoms with Crippen molar-refractivity contribution in [3.05, 3.63) is 53.6 Å². The van der Waals surface area contributed by atoms with Gasteiger partial charge in [0.1, 0.15) is 5.75 Å². The Morgan fingerprint density at radius 1 is 1.00 bits per heavy atom. The van der Waals surface area contributed by atoms with Gasteiger partial charge in [-0.15, -0.1) is 0 Å². The van der Waals surface area contributed by atoms with E-state index in [1.54, 1.807) is 50.2 Å². The number of nitrogens with zero attached hydrogens (tertiary/aromatic N) is 1. The zero-order chi connectivity index (χ0) is 23.0. The molecule has 168 valence electrons. The first kappa shape index (κ1) is 24.4. The Kier molecular flexibility index (Phi) is 8.58. The van der Waals surface area contributed by atoms with Gasteiger partial charge in [0.25, 0.3) is 0 Å². The molecule has 0 aliphatic rings. The van der Waals surface area contributed by atoms with Gasteiger partial charge in [-0.3, -0.25) is 4.79 Å². The van der Waals surface area contributed by atoms with Crippen LogP contribution in [0, 0.1) is 0 Å². The van der Waals surface area contributed by atoms with Crippen LogP contribution in [0.15, 0.2) is 47.4 Å². The molecule has 0 aliphatic carbocycles. The lowest BCUT2D eigenvalue weighted by Gasteiger charge is -2.18. The highest BCUT2D eigenvalue weighted by Crippen LogP contribution is 2.23. The standard InChI is InChI=1S/C22H28N2O6S/c1-5-24(6-2)31(27,28)18-11-7-16(8-12-18)9-14-21(25)23-20-13-10-17(29-3)15-19(20)22(26)30-4/h7-8,10-13,15H,5-6,9,14H2,1-4H3,(H,23,25). The van der Waals surface area contributed by atoms with Gasteiger partial charge in [-0.1, -0.05) is 26.0 Å². The average Bonchev–Trinajstić information content (AvgIpc) is 2.78. The fourth-order valence-electron chi connectivity index (χ4n) is 3.05. The summed E-state index contributed by atoms with van der Waals surface area (Å²) in [5.41, 5.74) is 1.36. The maximum Gasteiger partial charge on any atom is 0.340 e. The van der Waals surface area contributed by atoms with Crippen LogP contribution >= 0.6 is 0 Å². The van der Waals surface area contributed by atoms with Gasteiger partial charge in [0.15, 0.2) is 0 Å². The van der Waals surface area contributed by atoms with E-state index in [1.807, 2.05) is 0 Å². The minimum absolute atomic E-state index is 0.161. The van der Waals surface area contributed by atoms with Crippen LogP contribution < -0.4 is 10.1 Å². The summed E-state index contributed by atoms with van der Waals surface area (Å²) in [5.74, 6) is -0.396. The highest BCUT2D eigenvalue weighted by Gasteiger charge is 2.21. The molecular formula is C22H28N2O6S. The number of anilines is 1. The van der Waals surface area contributed by atoms with Gasteiger partial charge in [0.05, 0.1) is 30.4 Å². The second kappa shape index (κ2) is 10.9. The number of rotatable bonds is 10. The first-order valence-corrected chi connectivity index (χ1v) is 11.4. The molecule has 9 heteroatoms. The largest absolute Gasteiger partial charge is 0.497 e. The fraction of sp³-hybridized carbons (Fsp3) is 0.364. The van der Waals surface area contributed by atoms with Crippen LogP contribution in [-0.2, 0) is 26.0 Å². The number of sulfonamides is 1. The molecule has 0 aromatic heterocycles. The monoisotopic (exact) mass is 448 g/mol. The van der Waals surface area contributed by atoms with Gasteiger partial charge in [0, 0.05) is 19.5 Å². The number of methoxy groups -OCH3 is 2. The van der Waals surface area contributed by atoms with E-state index in [4.69, 9.17) is 9.47 Å². The number of nitrogens with one attached hydrogen (secondary N) is 1. The van der Waals surface area contributed by atoms with Crippen LogP contribution in [-0.4, -0.2) is 51.9 Å². The molecule has 0 spiro atoms. The van der Waals surface area contributed by atoms with Crippen LogP contribution in [0.25, 0.3) is 0 Å². The number of amides is 1. The zero-order valence-electron chi connectivity index (χ0n) is 18.2. The van der Waals surface area contributed by atoms with E-state index in [-0.39, 0.29) is 22.8 Å². The zero-order valence-corrected chi connectivity index (χ0v) is 19.0. The molecule has 0 saturated carbocycles. The van der Waals surface area contributed by atoms with Gasteiger partial charge in [-0.25, -0.2) is 13.2 Å². The molecule has 0 bridgehead atoms. The van der Waals surface area contributed by atoms with Gasteiger partial charge >= 0.3 is 5.97 Å². The Morgan fingerprint density at radius 3 is 2.19 bits per heavy atom. The molecule has 0 fully saturated rings. The number of carbonyl (C=O) groups excluding carboxylic acids is 2. The molecule has 0 saturated heterocycles. The van der Waals surface area contributed by atoms with Crippen molar-refractivity contribution in [3.8, 4) is 5.75 Å². The predicted octanol–water partition coefficient (Wildman–Crippen LogP) is 3.08. The second-order valence-electron chi connectivity index (χ2n) is 6.68. The number of aryl methyl sites for hydroxylation is 1. The van der Waals surface area contributed by atoms with E-state index in [9.17, 15) is 18.0 Å². The van der Waals surface area contributed by atoms with Crippen LogP contribution in [0.5, 0.6) is 5.75 Å². The van der Waals surface area contributed by atoms with Crippen LogP contribution in [0.1, 0.15) is 36.2 Å². The van der Waals surface area contributed by atoms with Crippen molar-refractivity contribution in [1.82, 2.24) is 4.31 Å². The van der Waals surface area contributed by atoms with Crippen molar-refractivity contribution in [3.63, 3.8) is 0 Å². The smallest absolute Gasteiger partial charge is 0.340 e. The lowest BCUT2D eigenvalue weighted by molar-refractivity contribution is -0.116. The van der Waals surface area contributed by atoms with E-state index >= 15 is 0 Å². The molecule has 0 heterocycles. The Balaban J connectivity index is 2.05. The molecule has 2 rings (SSSR count). The van der Waals surface area contributed by atoms with Crippen molar-refractivity contribution < 1.29 is 27.5 Å². The van der Waals surface area contributed by atoms with Gasteiger partial charge in [-0.2, -0.15) is 4.31 Å². The maximum atomic E-state index is 12.5. The van der Waals surface area contributed by atoms with Crippen LogP contribution in [0.4, 0.5) is 5.69 Å². The summed E-state index contributed by atoms with van der Waals surface area (Å²) < 4.78 is 36.4. The lowest BCUT2D eigenvalue weighted by Crippen LogP contribution is -2.30. The quantitative estimate of drug-likeness (QED) is 0.561. The van der Waals surface area contributed by atoms with Crippen LogP contribution in [0.3, 0.4) is 0 Å². The normalized spacial score (nSPS) is 11.3. The molecule has 1 N–H and O–H groups in total. The molecule has 1 amide bonds. The first-order chi connectivity index (χ1) is 14.8. The summed E-state index contributed by atoms with van der Waals surface area (Å²) in [4.78, 5) is 24.6. The minimum atomic E-state index is -3.51. The summed E-state index contributed by atoms with van der Waals surface area (Å²) in [6.45, 7) is 4.39. The summed E-state index contributed by atoms with van der Waals surface area (Å²) in [6, 6.07) is 11.2. The molecule has 0 unspecified atom stereocenters. The minimum Gasteiger partial charge on any atom is -0.497 e. The van der Waals surface area contributed by atoms with E-state index in [1.165, 1.54) is 24.6 Å². The van der Waals surface area contributed by atoms with E-state index < -0.39 is 16.0 Å². The highest BCUT2D eigenvalue weighted by atomic mass is 32.2. The Bertz CT molecular complexity index is 1010. The van der Waals surface area contributed by atoms with Crippen molar-refractivity contribution in [2.75, 3.05) is 32.6 Å². The molecular weight excluding hydrogens is 420 g/mol. The summed E-state index contributed by atoms with van der Waals surface area (Å²) in [6.07, 6.45) is 0.579. The topological polar surface area (TPSA) is 102 Å². The molecule has 0 aliphatic heterocycles.